The smallest absolute Gasteiger partial charge is 0.0899 e. The van der Waals surface area contributed by atoms with Gasteiger partial charge in [-0.15, -0.1) is 0 Å². The molecule has 0 saturated heterocycles. The second-order valence-electron chi connectivity index (χ2n) is 6.64. The molecule has 0 amide bonds. The zero-order valence-corrected chi connectivity index (χ0v) is 11.8. The number of aromatic nitrogens is 1. The van der Waals surface area contributed by atoms with Crippen LogP contribution in [0.3, 0.4) is 0 Å². The van der Waals surface area contributed by atoms with Crippen LogP contribution in [0.4, 0.5) is 0 Å². The number of benzene rings is 1. The summed E-state index contributed by atoms with van der Waals surface area (Å²) in [5.41, 5.74) is 1.48. The van der Waals surface area contributed by atoms with Gasteiger partial charge in [0.25, 0.3) is 0 Å². The average Bonchev–Trinajstić information content (AvgIpc) is 3.31. The maximum Gasteiger partial charge on any atom is 0.0899 e. The summed E-state index contributed by atoms with van der Waals surface area (Å²) in [6, 6.07) is 10.3. The van der Waals surface area contributed by atoms with E-state index in [0.717, 1.165) is 47.6 Å². The molecule has 2 aliphatic rings. The molecular formula is C18H21NO. The Morgan fingerprint density at radius 2 is 2.00 bits per heavy atom. The second-order valence-corrected chi connectivity index (χ2v) is 6.64. The summed E-state index contributed by atoms with van der Waals surface area (Å²) >= 11 is 0. The highest BCUT2D eigenvalue weighted by Crippen LogP contribution is 2.49. The van der Waals surface area contributed by atoms with E-state index in [0.29, 0.717) is 0 Å². The number of aliphatic hydroxyl groups is 1. The molecule has 0 aliphatic heterocycles. The number of hydrogen-bond donors (Lipinski definition) is 1. The van der Waals surface area contributed by atoms with E-state index in [4.69, 9.17) is 0 Å². The fourth-order valence-electron chi connectivity index (χ4n) is 3.89. The SMILES string of the molecule is OC1(c2ccc3ncccc3c2)CCCC(C2CC2)C1. The van der Waals surface area contributed by atoms with Crippen LogP contribution in [0.25, 0.3) is 10.9 Å². The lowest BCUT2D eigenvalue weighted by Gasteiger charge is -2.37. The lowest BCUT2D eigenvalue weighted by molar-refractivity contribution is -0.0250. The lowest BCUT2D eigenvalue weighted by Crippen LogP contribution is -2.33. The van der Waals surface area contributed by atoms with Crippen LogP contribution in [0.15, 0.2) is 36.5 Å². The summed E-state index contributed by atoms with van der Waals surface area (Å²) < 4.78 is 0. The van der Waals surface area contributed by atoms with E-state index in [9.17, 15) is 5.11 Å². The Bertz CT molecular complexity index is 634. The van der Waals surface area contributed by atoms with Gasteiger partial charge in [0.1, 0.15) is 0 Å². The van der Waals surface area contributed by atoms with Crippen LogP contribution in [0.2, 0.25) is 0 Å². The minimum atomic E-state index is -0.616. The summed E-state index contributed by atoms with van der Waals surface area (Å²) in [4.78, 5) is 4.36. The van der Waals surface area contributed by atoms with E-state index in [1.807, 2.05) is 18.3 Å². The molecule has 2 fully saturated rings. The average molecular weight is 267 g/mol. The lowest BCUT2D eigenvalue weighted by atomic mass is 9.72. The largest absolute Gasteiger partial charge is 0.385 e. The van der Waals surface area contributed by atoms with E-state index < -0.39 is 5.60 Å². The second kappa shape index (κ2) is 4.56. The Hall–Kier alpha value is -1.41. The standard InChI is InChI=1S/C18H21NO/c20-18(9-1-3-15(12-18)13-5-6-13)16-7-8-17-14(11-16)4-2-10-19-17/h2,4,7-8,10-11,13,15,20H,1,3,5-6,9,12H2. The third-order valence-electron chi connectivity index (χ3n) is 5.19. The topological polar surface area (TPSA) is 33.1 Å². The highest BCUT2D eigenvalue weighted by molar-refractivity contribution is 5.79. The molecule has 2 aliphatic carbocycles. The molecule has 2 aromatic rings. The molecule has 20 heavy (non-hydrogen) atoms. The van der Waals surface area contributed by atoms with Crippen LogP contribution in [0.1, 0.15) is 44.1 Å². The molecule has 2 unspecified atom stereocenters. The predicted molar refractivity (Wildman–Crippen MR) is 80.3 cm³/mol. The predicted octanol–water partition coefficient (Wildman–Crippen LogP) is 4.02. The van der Waals surface area contributed by atoms with Crippen molar-refractivity contribution in [3.63, 3.8) is 0 Å². The van der Waals surface area contributed by atoms with Crippen molar-refractivity contribution in [1.29, 1.82) is 0 Å². The molecule has 2 nitrogen and oxygen atoms in total. The monoisotopic (exact) mass is 267 g/mol. The van der Waals surface area contributed by atoms with Crippen LogP contribution in [0.5, 0.6) is 0 Å². The molecule has 2 atom stereocenters. The molecule has 2 heteroatoms. The van der Waals surface area contributed by atoms with Crippen molar-refractivity contribution in [2.24, 2.45) is 11.8 Å². The first-order valence-electron chi connectivity index (χ1n) is 7.82. The van der Waals surface area contributed by atoms with Gasteiger partial charge in [0.2, 0.25) is 0 Å². The summed E-state index contributed by atoms with van der Waals surface area (Å²) in [6.07, 6.45) is 8.89. The van der Waals surface area contributed by atoms with Crippen LogP contribution < -0.4 is 0 Å². The van der Waals surface area contributed by atoms with Crippen molar-refractivity contribution in [2.45, 2.75) is 44.1 Å². The first kappa shape index (κ1) is 12.3. The Labute approximate surface area is 119 Å². The van der Waals surface area contributed by atoms with Gasteiger partial charge in [-0.2, -0.15) is 0 Å². The van der Waals surface area contributed by atoms with Crippen molar-refractivity contribution in [3.8, 4) is 0 Å². The molecule has 1 N–H and O–H groups in total. The number of hydrogen-bond acceptors (Lipinski definition) is 2. The molecule has 2 saturated carbocycles. The quantitative estimate of drug-likeness (QED) is 0.891. The summed E-state index contributed by atoms with van der Waals surface area (Å²) in [7, 11) is 0. The van der Waals surface area contributed by atoms with Crippen LogP contribution in [0, 0.1) is 11.8 Å². The molecule has 1 aromatic carbocycles. The number of fused-ring (bicyclic) bond motifs is 1. The molecule has 104 valence electrons. The maximum absolute atomic E-state index is 11.1. The molecule has 0 radical (unpaired) electrons. The minimum Gasteiger partial charge on any atom is -0.385 e. The van der Waals surface area contributed by atoms with Gasteiger partial charge >= 0.3 is 0 Å². The van der Waals surface area contributed by atoms with Gasteiger partial charge in [-0.3, -0.25) is 4.98 Å². The third kappa shape index (κ3) is 2.12. The van der Waals surface area contributed by atoms with E-state index in [1.54, 1.807) is 0 Å². The van der Waals surface area contributed by atoms with Gasteiger partial charge in [-0.25, -0.2) is 0 Å². The van der Waals surface area contributed by atoms with Gasteiger partial charge in [-0.1, -0.05) is 12.1 Å². The molecule has 1 heterocycles. The Kier molecular flexibility index (Phi) is 2.81. The zero-order chi connectivity index (χ0) is 13.6. The van der Waals surface area contributed by atoms with E-state index >= 15 is 0 Å². The molecular weight excluding hydrogens is 246 g/mol. The molecule has 1 aromatic heterocycles. The van der Waals surface area contributed by atoms with E-state index in [1.165, 1.54) is 19.3 Å². The van der Waals surface area contributed by atoms with Crippen LogP contribution in [-0.2, 0) is 5.60 Å². The Morgan fingerprint density at radius 3 is 2.85 bits per heavy atom. The first-order chi connectivity index (χ1) is 9.74. The van der Waals surface area contributed by atoms with Gasteiger partial charge in [0.15, 0.2) is 0 Å². The maximum atomic E-state index is 11.1. The number of nitrogens with zero attached hydrogens (tertiary/aromatic N) is 1. The van der Waals surface area contributed by atoms with Crippen molar-refractivity contribution in [2.75, 3.05) is 0 Å². The highest BCUT2D eigenvalue weighted by atomic mass is 16.3. The summed E-state index contributed by atoms with van der Waals surface area (Å²) in [6.45, 7) is 0. The summed E-state index contributed by atoms with van der Waals surface area (Å²) in [5.74, 6) is 1.63. The van der Waals surface area contributed by atoms with Crippen molar-refractivity contribution in [3.05, 3.63) is 42.1 Å². The van der Waals surface area contributed by atoms with Gasteiger partial charge in [0, 0.05) is 11.6 Å². The highest BCUT2D eigenvalue weighted by Gasteiger charge is 2.41. The molecule has 0 bridgehead atoms. The third-order valence-corrected chi connectivity index (χ3v) is 5.19. The van der Waals surface area contributed by atoms with Crippen molar-refractivity contribution < 1.29 is 5.11 Å². The Morgan fingerprint density at radius 1 is 1.10 bits per heavy atom. The summed E-state index contributed by atoms with van der Waals surface area (Å²) in [5, 5.41) is 12.3. The van der Waals surface area contributed by atoms with Crippen molar-refractivity contribution >= 4 is 10.9 Å². The fourth-order valence-corrected chi connectivity index (χ4v) is 3.89. The fraction of sp³-hybridized carbons (Fsp3) is 0.500. The number of rotatable bonds is 2. The van der Waals surface area contributed by atoms with E-state index in [-0.39, 0.29) is 0 Å². The van der Waals surface area contributed by atoms with Crippen LogP contribution in [-0.4, -0.2) is 10.1 Å². The van der Waals surface area contributed by atoms with Gasteiger partial charge < -0.3 is 5.11 Å². The van der Waals surface area contributed by atoms with Gasteiger partial charge in [0.05, 0.1) is 11.1 Å². The molecule has 4 rings (SSSR count). The minimum absolute atomic E-state index is 0.616. The Balaban J connectivity index is 1.69. The van der Waals surface area contributed by atoms with Gasteiger partial charge in [-0.05, 0) is 74.1 Å². The molecule has 0 spiro atoms. The number of pyridine rings is 1. The van der Waals surface area contributed by atoms with Crippen molar-refractivity contribution in [1.82, 2.24) is 4.98 Å². The normalized spacial score (nSPS) is 30.6. The first-order valence-corrected chi connectivity index (χ1v) is 7.82. The van der Waals surface area contributed by atoms with E-state index in [2.05, 4.69) is 23.2 Å². The zero-order valence-electron chi connectivity index (χ0n) is 11.8. The van der Waals surface area contributed by atoms with Crippen LogP contribution >= 0.6 is 0 Å².